The topological polar surface area (TPSA) is 125 Å². The first-order valence-electron chi connectivity index (χ1n) is 19.6. The van der Waals surface area contributed by atoms with E-state index in [2.05, 4.69) is 46.7 Å². The zero-order chi connectivity index (χ0) is 41.6. The molecule has 0 spiro atoms. The lowest BCUT2D eigenvalue weighted by molar-refractivity contribution is -0.148. The van der Waals surface area contributed by atoms with Crippen LogP contribution in [0.4, 0.5) is 4.79 Å². The maximum atomic E-state index is 14.7. The molecule has 2 amide bonds. The predicted molar refractivity (Wildman–Crippen MR) is 227 cm³/mol. The van der Waals surface area contributed by atoms with E-state index in [1.807, 2.05) is 126 Å². The van der Waals surface area contributed by atoms with Gasteiger partial charge in [0.25, 0.3) is 0 Å². The van der Waals surface area contributed by atoms with Gasteiger partial charge in [0.05, 0.1) is 24.8 Å². The molecule has 0 aliphatic rings. The van der Waals surface area contributed by atoms with Gasteiger partial charge in [-0.05, 0) is 52.1 Å². The van der Waals surface area contributed by atoms with Crippen LogP contribution in [0.5, 0.6) is 5.75 Å². The van der Waals surface area contributed by atoms with Crippen molar-refractivity contribution < 1.29 is 28.6 Å². The summed E-state index contributed by atoms with van der Waals surface area (Å²) in [6.45, 7) is -0.0340. The summed E-state index contributed by atoms with van der Waals surface area (Å²) in [7, 11) is 1.26. The van der Waals surface area contributed by atoms with Gasteiger partial charge in [-0.15, -0.1) is 0 Å². The van der Waals surface area contributed by atoms with E-state index in [0.29, 0.717) is 18.1 Å². The van der Waals surface area contributed by atoms with Gasteiger partial charge in [-0.2, -0.15) is 0 Å². The summed E-state index contributed by atoms with van der Waals surface area (Å²) in [6.07, 6.45) is 4.55. The van der Waals surface area contributed by atoms with Crippen LogP contribution in [-0.4, -0.2) is 57.1 Å². The van der Waals surface area contributed by atoms with Crippen molar-refractivity contribution in [1.82, 2.24) is 24.8 Å². The number of benzene rings is 5. The third kappa shape index (κ3) is 9.94. The summed E-state index contributed by atoms with van der Waals surface area (Å²) in [6, 6.07) is 51.4. The zero-order valence-corrected chi connectivity index (χ0v) is 33.2. The number of aromatic nitrogens is 3. The predicted octanol–water partition coefficient (Wildman–Crippen LogP) is 7.74. The lowest BCUT2D eigenvalue weighted by Crippen LogP contribution is -2.51. The van der Waals surface area contributed by atoms with Crippen LogP contribution in [-0.2, 0) is 50.8 Å². The number of pyridine rings is 1. The summed E-state index contributed by atoms with van der Waals surface area (Å²) >= 11 is 0. The average Bonchev–Trinajstić information content (AvgIpc) is 3.78. The molecule has 302 valence electrons. The van der Waals surface area contributed by atoms with Crippen LogP contribution in [0.15, 0.2) is 183 Å². The highest BCUT2D eigenvalue weighted by Gasteiger charge is 2.39. The van der Waals surface area contributed by atoms with E-state index < -0.39 is 29.6 Å². The Balaban J connectivity index is 1.20. The molecule has 7 aromatic rings. The van der Waals surface area contributed by atoms with Crippen LogP contribution in [0.3, 0.4) is 0 Å². The maximum Gasteiger partial charge on any atom is 0.408 e. The van der Waals surface area contributed by atoms with Crippen LogP contribution >= 0.6 is 0 Å². The molecular weight excluding hydrogens is 755 g/mol. The molecule has 1 atom stereocenters. The highest BCUT2D eigenvalue weighted by atomic mass is 16.5. The number of carbonyl (C=O) groups is 3. The fraction of sp³-hybridized carbons (Fsp3) is 0.163. The number of alkyl carbamates (subject to hydrolysis) is 1. The molecule has 0 radical (unpaired) electrons. The van der Waals surface area contributed by atoms with Crippen molar-refractivity contribution in [3.8, 4) is 5.75 Å². The van der Waals surface area contributed by atoms with Crippen LogP contribution in [0.1, 0.15) is 39.2 Å². The Morgan fingerprint density at radius 3 is 1.82 bits per heavy atom. The maximum absolute atomic E-state index is 14.7. The average molecular weight is 800 g/mol. The second-order valence-electron chi connectivity index (χ2n) is 14.1. The van der Waals surface area contributed by atoms with Crippen LogP contribution < -0.4 is 10.1 Å². The number of ether oxygens (including phenoxy) is 3. The molecule has 11 heteroatoms. The van der Waals surface area contributed by atoms with Crippen LogP contribution in [0.2, 0.25) is 0 Å². The van der Waals surface area contributed by atoms with Crippen molar-refractivity contribution in [3.63, 3.8) is 0 Å². The van der Waals surface area contributed by atoms with Gasteiger partial charge in [0.15, 0.2) is 0 Å². The van der Waals surface area contributed by atoms with Crippen LogP contribution in [0.25, 0.3) is 0 Å². The molecule has 1 unspecified atom stereocenters. The SMILES string of the molecule is COC(=O)CN(Cc1ccc(OCc2ccccn2)cc1)C(=O)C(Cc1cn(C(c2ccccc2)(c2ccccc2)c2ccccc2)cn1)NC(=O)OCc1ccccc1. The fourth-order valence-electron chi connectivity index (χ4n) is 7.16. The standard InChI is InChI=1S/C49H45N5O6/c1-58-46(55)33-53(31-37-25-27-44(28-26-37)59-35-42-24-14-15-29-50-42)47(56)45(52-48(57)60-34-38-16-6-2-7-17-38)30-43-32-54(36-51-43)49(39-18-8-3-9-19-39,40-20-10-4-11-21-40)41-22-12-5-13-23-41/h2-29,32,36,45H,30-31,33-35H2,1H3,(H,52,57). The second kappa shape index (κ2) is 19.8. The molecule has 0 saturated carbocycles. The van der Waals surface area contributed by atoms with Gasteiger partial charge >= 0.3 is 12.1 Å². The molecule has 2 heterocycles. The number of amides is 2. The number of hydrogen-bond acceptors (Lipinski definition) is 8. The van der Waals surface area contributed by atoms with Gasteiger partial charge in [-0.25, -0.2) is 9.78 Å². The lowest BCUT2D eigenvalue weighted by atomic mass is 9.77. The molecule has 1 N–H and O–H groups in total. The lowest BCUT2D eigenvalue weighted by Gasteiger charge is -2.37. The Kier molecular flexibility index (Phi) is 13.4. The molecule has 60 heavy (non-hydrogen) atoms. The monoisotopic (exact) mass is 799 g/mol. The molecule has 0 fully saturated rings. The van der Waals surface area contributed by atoms with E-state index in [1.165, 1.54) is 12.0 Å². The minimum Gasteiger partial charge on any atom is -0.487 e. The van der Waals surface area contributed by atoms with Crippen molar-refractivity contribution in [3.05, 3.63) is 222 Å². The number of rotatable bonds is 17. The third-order valence-electron chi connectivity index (χ3n) is 10.1. The van der Waals surface area contributed by atoms with E-state index in [4.69, 9.17) is 19.2 Å². The number of esters is 1. The summed E-state index contributed by atoms with van der Waals surface area (Å²) in [5.74, 6) is -0.529. The minimum absolute atomic E-state index is 0.00339. The number of nitrogens with one attached hydrogen (secondary N) is 1. The summed E-state index contributed by atoms with van der Waals surface area (Å²) in [4.78, 5) is 51.4. The third-order valence-corrected chi connectivity index (χ3v) is 10.1. The van der Waals surface area contributed by atoms with E-state index in [1.54, 1.807) is 24.7 Å². The van der Waals surface area contributed by atoms with E-state index >= 15 is 0 Å². The van der Waals surface area contributed by atoms with Gasteiger partial charge in [0.2, 0.25) is 5.91 Å². The first kappa shape index (κ1) is 40.7. The number of imidazole rings is 1. The highest BCUT2D eigenvalue weighted by molar-refractivity contribution is 5.88. The summed E-state index contributed by atoms with van der Waals surface area (Å²) in [5.41, 5.74) is 4.97. The molecule has 0 aliphatic carbocycles. The Morgan fingerprint density at radius 1 is 0.667 bits per heavy atom. The molecule has 2 aromatic heterocycles. The van der Waals surface area contributed by atoms with Gasteiger partial charge in [-0.1, -0.05) is 140 Å². The highest BCUT2D eigenvalue weighted by Crippen LogP contribution is 2.40. The smallest absolute Gasteiger partial charge is 0.408 e. The first-order valence-corrected chi connectivity index (χ1v) is 19.6. The second-order valence-corrected chi connectivity index (χ2v) is 14.1. The number of carbonyl (C=O) groups excluding carboxylic acids is 3. The van der Waals surface area contributed by atoms with E-state index in [9.17, 15) is 14.4 Å². The Labute approximate surface area is 349 Å². The van der Waals surface area contributed by atoms with Gasteiger partial charge in [0.1, 0.15) is 37.1 Å². The van der Waals surface area contributed by atoms with Gasteiger partial charge in [0, 0.05) is 25.4 Å². The van der Waals surface area contributed by atoms with E-state index in [-0.39, 0.29) is 26.1 Å². The normalized spacial score (nSPS) is 11.6. The molecule has 0 saturated heterocycles. The minimum atomic E-state index is -1.18. The van der Waals surface area contributed by atoms with Crippen molar-refractivity contribution in [2.45, 2.75) is 37.8 Å². The van der Waals surface area contributed by atoms with E-state index in [0.717, 1.165) is 33.5 Å². The first-order chi connectivity index (χ1) is 29.4. The zero-order valence-electron chi connectivity index (χ0n) is 33.2. The van der Waals surface area contributed by atoms with Gasteiger partial charge < -0.3 is 29.0 Å². The largest absolute Gasteiger partial charge is 0.487 e. The fourth-order valence-corrected chi connectivity index (χ4v) is 7.16. The molecule has 11 nitrogen and oxygen atoms in total. The quantitative estimate of drug-likeness (QED) is 0.0734. The molecule has 0 aliphatic heterocycles. The summed E-state index contributed by atoms with van der Waals surface area (Å²) in [5, 5.41) is 2.80. The Bertz CT molecular complexity index is 2330. The number of hydrogen-bond donors (Lipinski definition) is 1. The molecular formula is C49H45N5O6. The van der Waals surface area contributed by atoms with Crippen LogP contribution in [0, 0.1) is 0 Å². The molecule has 0 bridgehead atoms. The van der Waals surface area contributed by atoms with Crippen molar-refractivity contribution in [2.24, 2.45) is 0 Å². The van der Waals surface area contributed by atoms with Crippen molar-refractivity contribution in [1.29, 1.82) is 0 Å². The van der Waals surface area contributed by atoms with Crippen molar-refractivity contribution >= 4 is 18.0 Å². The number of methoxy groups -OCH3 is 1. The molecule has 7 rings (SSSR count). The Hall–Kier alpha value is -7.53. The van der Waals surface area contributed by atoms with Crippen molar-refractivity contribution in [2.75, 3.05) is 13.7 Å². The number of nitrogens with zero attached hydrogens (tertiary/aromatic N) is 4. The Morgan fingerprint density at radius 2 is 1.25 bits per heavy atom. The van der Waals surface area contributed by atoms with Gasteiger partial charge in [-0.3, -0.25) is 14.6 Å². The summed E-state index contributed by atoms with van der Waals surface area (Å²) < 4.78 is 18.6. The molecule has 5 aromatic carbocycles.